The molecule has 0 spiro atoms. The predicted octanol–water partition coefficient (Wildman–Crippen LogP) is 1.97. The van der Waals surface area contributed by atoms with Crippen molar-refractivity contribution in [3.05, 3.63) is 48.2 Å². The van der Waals surface area contributed by atoms with Gasteiger partial charge in [-0.3, -0.25) is 4.79 Å². The monoisotopic (exact) mass is 375 g/mol. The normalized spacial score (nSPS) is 18.3. The zero-order valence-electron chi connectivity index (χ0n) is 14.7. The lowest BCUT2D eigenvalue weighted by atomic mass is 10.2. The molecule has 138 valence electrons. The van der Waals surface area contributed by atoms with Crippen LogP contribution in [-0.4, -0.2) is 51.0 Å². The molecular weight excluding hydrogens is 354 g/mol. The number of nitrogens with one attached hydrogen (secondary N) is 1. The molecule has 1 aliphatic rings. The third-order valence-corrected chi connectivity index (χ3v) is 6.23. The number of carbonyl (C=O) groups is 1. The van der Waals surface area contributed by atoms with E-state index in [1.165, 1.54) is 6.20 Å². The smallest absolute Gasteiger partial charge is 0.257 e. The number of sulfone groups is 1. The van der Waals surface area contributed by atoms with Crippen LogP contribution in [0.5, 0.6) is 5.75 Å². The third kappa shape index (κ3) is 4.13. The van der Waals surface area contributed by atoms with Gasteiger partial charge in [0.2, 0.25) is 0 Å². The molecule has 1 fully saturated rings. The number of ether oxygens (including phenoxy) is 1. The van der Waals surface area contributed by atoms with Gasteiger partial charge < -0.3 is 15.0 Å². The Labute approximate surface area is 152 Å². The highest BCUT2D eigenvalue weighted by Crippen LogP contribution is 2.22. The van der Waals surface area contributed by atoms with Crippen molar-refractivity contribution in [2.45, 2.75) is 12.5 Å². The van der Waals surface area contributed by atoms with Crippen molar-refractivity contribution in [1.82, 2.24) is 4.98 Å². The number of carbonyl (C=O) groups excluding carboxylic acids is 1. The first-order valence-corrected chi connectivity index (χ1v) is 10.0. The number of benzene rings is 1. The first-order chi connectivity index (χ1) is 12.4. The van der Waals surface area contributed by atoms with E-state index in [0.717, 1.165) is 0 Å². The topological polar surface area (TPSA) is 88.6 Å². The number of nitrogens with zero attached hydrogens (tertiary/aromatic N) is 2. The van der Waals surface area contributed by atoms with Crippen molar-refractivity contribution in [3.63, 3.8) is 0 Å². The largest absolute Gasteiger partial charge is 0.497 e. The Morgan fingerprint density at radius 2 is 1.96 bits per heavy atom. The van der Waals surface area contributed by atoms with Crippen molar-refractivity contribution in [3.8, 4) is 5.75 Å². The minimum Gasteiger partial charge on any atom is -0.497 e. The summed E-state index contributed by atoms with van der Waals surface area (Å²) >= 11 is 0. The van der Waals surface area contributed by atoms with Crippen LogP contribution in [-0.2, 0) is 9.84 Å². The molecule has 7 nitrogen and oxygen atoms in total. The maximum Gasteiger partial charge on any atom is 0.257 e. The number of rotatable bonds is 5. The number of pyridine rings is 1. The fourth-order valence-corrected chi connectivity index (χ4v) is 4.65. The minimum atomic E-state index is -2.95. The highest BCUT2D eigenvalue weighted by atomic mass is 32.2. The van der Waals surface area contributed by atoms with Crippen LogP contribution in [0.3, 0.4) is 0 Å². The van der Waals surface area contributed by atoms with Crippen LogP contribution in [0.25, 0.3) is 0 Å². The first kappa shape index (κ1) is 18.2. The van der Waals surface area contributed by atoms with E-state index in [1.807, 2.05) is 11.9 Å². The summed E-state index contributed by atoms with van der Waals surface area (Å²) < 4.78 is 28.3. The van der Waals surface area contributed by atoms with Crippen LogP contribution in [0.15, 0.2) is 42.6 Å². The predicted molar refractivity (Wildman–Crippen MR) is 101 cm³/mol. The Morgan fingerprint density at radius 1 is 1.23 bits per heavy atom. The van der Waals surface area contributed by atoms with Crippen molar-refractivity contribution < 1.29 is 17.9 Å². The van der Waals surface area contributed by atoms with Crippen molar-refractivity contribution >= 4 is 27.2 Å². The number of hydrogen-bond donors (Lipinski definition) is 1. The summed E-state index contributed by atoms with van der Waals surface area (Å²) in [5.41, 5.74) is 1.09. The average Bonchev–Trinajstić information content (AvgIpc) is 3.01. The fraction of sp³-hybridized carbons (Fsp3) is 0.333. The summed E-state index contributed by atoms with van der Waals surface area (Å²) in [6.07, 6.45) is 2.09. The summed E-state index contributed by atoms with van der Waals surface area (Å²) in [6.45, 7) is 0. The summed E-state index contributed by atoms with van der Waals surface area (Å²) in [7, 11) is 0.454. The Hall–Kier alpha value is -2.61. The maximum atomic E-state index is 12.3. The molecule has 0 saturated carbocycles. The van der Waals surface area contributed by atoms with Crippen molar-refractivity contribution in [2.24, 2.45) is 0 Å². The molecule has 0 aliphatic carbocycles. The number of amides is 1. The molecule has 3 rings (SSSR count). The molecular formula is C18H21N3O4S. The van der Waals surface area contributed by atoms with E-state index in [9.17, 15) is 13.2 Å². The van der Waals surface area contributed by atoms with Gasteiger partial charge in [-0.15, -0.1) is 0 Å². The molecule has 1 amide bonds. The van der Waals surface area contributed by atoms with Crippen LogP contribution >= 0.6 is 0 Å². The maximum absolute atomic E-state index is 12.3. The van der Waals surface area contributed by atoms with E-state index < -0.39 is 9.84 Å². The number of aromatic nitrogens is 1. The van der Waals surface area contributed by atoms with Crippen LogP contribution < -0.4 is 15.0 Å². The van der Waals surface area contributed by atoms with E-state index in [4.69, 9.17) is 4.74 Å². The van der Waals surface area contributed by atoms with Gasteiger partial charge in [-0.1, -0.05) is 0 Å². The highest BCUT2D eigenvalue weighted by molar-refractivity contribution is 7.91. The third-order valence-electron chi connectivity index (χ3n) is 4.48. The van der Waals surface area contributed by atoms with Crippen LogP contribution in [0.2, 0.25) is 0 Å². The molecule has 1 aromatic heterocycles. The quantitative estimate of drug-likeness (QED) is 0.859. The standard InChI is InChI=1S/C18H21N3O4S/c1-21(15-9-10-26(23,24)12-15)17-8-3-13(11-19-17)18(22)20-14-4-6-16(25-2)7-5-14/h3-8,11,15H,9-10,12H2,1-2H3,(H,20,22). The van der Waals surface area contributed by atoms with Crippen molar-refractivity contribution in [2.75, 3.05) is 35.9 Å². The SMILES string of the molecule is COc1ccc(NC(=O)c2ccc(N(C)C3CCS(=O)(=O)C3)nc2)cc1. The molecule has 1 unspecified atom stereocenters. The van der Waals surface area contributed by atoms with E-state index in [0.29, 0.717) is 29.2 Å². The second-order valence-electron chi connectivity index (χ2n) is 6.26. The first-order valence-electron chi connectivity index (χ1n) is 8.23. The molecule has 8 heteroatoms. The summed E-state index contributed by atoms with van der Waals surface area (Å²) in [4.78, 5) is 18.5. The second kappa shape index (κ2) is 7.33. The molecule has 2 heterocycles. The van der Waals surface area contributed by atoms with Crippen LogP contribution in [0.1, 0.15) is 16.8 Å². The number of hydrogen-bond acceptors (Lipinski definition) is 6. The van der Waals surface area contributed by atoms with Crippen LogP contribution in [0, 0.1) is 0 Å². The van der Waals surface area contributed by atoms with Gasteiger partial charge in [-0.05, 0) is 42.8 Å². The Balaban J connectivity index is 1.65. The Bertz CT molecular complexity index is 880. The lowest BCUT2D eigenvalue weighted by Crippen LogP contribution is -2.33. The highest BCUT2D eigenvalue weighted by Gasteiger charge is 2.31. The molecule has 1 saturated heterocycles. The van der Waals surface area contributed by atoms with Crippen LogP contribution in [0.4, 0.5) is 11.5 Å². The Morgan fingerprint density at radius 3 is 2.50 bits per heavy atom. The zero-order valence-corrected chi connectivity index (χ0v) is 15.5. The average molecular weight is 375 g/mol. The molecule has 2 aromatic rings. The molecule has 26 heavy (non-hydrogen) atoms. The lowest BCUT2D eigenvalue weighted by Gasteiger charge is -2.24. The molecule has 1 aliphatic heterocycles. The summed E-state index contributed by atoms with van der Waals surface area (Å²) in [6, 6.07) is 10.4. The van der Waals surface area contributed by atoms with Gasteiger partial charge in [-0.2, -0.15) is 0 Å². The minimum absolute atomic E-state index is 0.0773. The summed E-state index contributed by atoms with van der Waals surface area (Å²) in [5, 5.41) is 2.80. The number of methoxy groups -OCH3 is 1. The van der Waals surface area contributed by atoms with E-state index in [-0.39, 0.29) is 23.5 Å². The Kier molecular flexibility index (Phi) is 5.13. The van der Waals surface area contributed by atoms with Gasteiger partial charge >= 0.3 is 0 Å². The van der Waals surface area contributed by atoms with E-state index in [1.54, 1.807) is 43.5 Å². The van der Waals surface area contributed by atoms with E-state index >= 15 is 0 Å². The lowest BCUT2D eigenvalue weighted by molar-refractivity contribution is 0.102. The zero-order chi connectivity index (χ0) is 18.7. The molecule has 0 bridgehead atoms. The van der Waals surface area contributed by atoms with Gasteiger partial charge in [0.15, 0.2) is 9.84 Å². The van der Waals surface area contributed by atoms with Gasteiger partial charge in [-0.25, -0.2) is 13.4 Å². The van der Waals surface area contributed by atoms with Gasteiger partial charge in [0, 0.05) is 25.0 Å². The van der Waals surface area contributed by atoms with Gasteiger partial charge in [0.25, 0.3) is 5.91 Å². The van der Waals surface area contributed by atoms with Gasteiger partial charge in [0.05, 0.1) is 24.2 Å². The van der Waals surface area contributed by atoms with E-state index in [2.05, 4.69) is 10.3 Å². The molecule has 0 radical (unpaired) electrons. The van der Waals surface area contributed by atoms with Crippen molar-refractivity contribution in [1.29, 1.82) is 0 Å². The van der Waals surface area contributed by atoms with Gasteiger partial charge in [0.1, 0.15) is 11.6 Å². The molecule has 1 aromatic carbocycles. The molecule has 1 N–H and O–H groups in total. The summed E-state index contributed by atoms with van der Waals surface area (Å²) in [5.74, 6) is 1.45. The molecule has 1 atom stereocenters. The second-order valence-corrected chi connectivity index (χ2v) is 8.48. The number of anilines is 2. The fourth-order valence-electron chi connectivity index (χ4n) is 2.87.